The van der Waals surface area contributed by atoms with E-state index in [1.807, 2.05) is 11.6 Å². The van der Waals surface area contributed by atoms with Gasteiger partial charge in [0.05, 0.1) is 12.3 Å². The number of aromatic nitrogens is 2. The van der Waals surface area contributed by atoms with Gasteiger partial charge >= 0.3 is 0 Å². The van der Waals surface area contributed by atoms with E-state index in [1.54, 1.807) is 11.5 Å². The fraction of sp³-hybridized carbons (Fsp3) is 0.250. The quantitative estimate of drug-likeness (QED) is 0.696. The van der Waals surface area contributed by atoms with E-state index in [9.17, 15) is 4.79 Å². The predicted molar refractivity (Wildman–Crippen MR) is 49.2 cm³/mol. The molecule has 0 radical (unpaired) electrons. The van der Waals surface area contributed by atoms with Crippen molar-refractivity contribution in [1.29, 1.82) is 0 Å². The van der Waals surface area contributed by atoms with Gasteiger partial charge in [-0.05, 0) is 0 Å². The molecule has 68 valence electrons. The Bertz CT molecular complexity index is 432. The Balaban J connectivity index is 2.60. The van der Waals surface area contributed by atoms with Crippen molar-refractivity contribution in [2.75, 3.05) is 7.11 Å². The molecule has 0 aliphatic heterocycles. The second-order valence-electron chi connectivity index (χ2n) is 2.55. The number of hydrogen-bond donors (Lipinski definition) is 0. The van der Waals surface area contributed by atoms with E-state index in [0.717, 1.165) is 11.2 Å². The van der Waals surface area contributed by atoms with Gasteiger partial charge in [0.2, 0.25) is 0 Å². The lowest BCUT2D eigenvalue weighted by molar-refractivity contribution is 0.111. The maximum Gasteiger partial charge on any atom is 0.194 e. The van der Waals surface area contributed by atoms with Crippen LogP contribution in [-0.2, 0) is 11.3 Å². The van der Waals surface area contributed by atoms with Crippen molar-refractivity contribution in [1.82, 2.24) is 9.38 Å². The first-order chi connectivity index (χ1) is 6.36. The highest BCUT2D eigenvalue weighted by molar-refractivity contribution is 7.15. The van der Waals surface area contributed by atoms with Crippen LogP contribution in [0.1, 0.15) is 16.2 Å². The number of aldehydes is 1. The molecule has 13 heavy (non-hydrogen) atoms. The summed E-state index contributed by atoms with van der Waals surface area (Å²) in [5.74, 6) is 0. The molecule has 0 bridgehead atoms. The fourth-order valence-electron chi connectivity index (χ4n) is 1.22. The summed E-state index contributed by atoms with van der Waals surface area (Å²) in [4.78, 5) is 15.8. The third-order valence-electron chi connectivity index (χ3n) is 1.77. The lowest BCUT2D eigenvalue weighted by atomic mass is 10.3. The van der Waals surface area contributed by atoms with E-state index in [-0.39, 0.29) is 0 Å². The van der Waals surface area contributed by atoms with E-state index < -0.39 is 0 Å². The van der Waals surface area contributed by atoms with Crippen LogP contribution in [0.3, 0.4) is 0 Å². The van der Waals surface area contributed by atoms with Crippen LogP contribution < -0.4 is 0 Å². The molecule has 2 aromatic heterocycles. The van der Waals surface area contributed by atoms with Crippen LogP contribution in [-0.4, -0.2) is 22.8 Å². The summed E-state index contributed by atoms with van der Waals surface area (Å²) < 4.78 is 6.71. The van der Waals surface area contributed by atoms with Crippen molar-refractivity contribution in [2.45, 2.75) is 6.61 Å². The maximum absolute atomic E-state index is 10.8. The van der Waals surface area contributed by atoms with Crippen LogP contribution in [0.2, 0.25) is 0 Å². The van der Waals surface area contributed by atoms with Crippen molar-refractivity contribution < 1.29 is 9.53 Å². The highest BCUT2D eigenvalue weighted by atomic mass is 32.1. The van der Waals surface area contributed by atoms with E-state index in [0.29, 0.717) is 18.0 Å². The second-order valence-corrected chi connectivity index (χ2v) is 3.42. The Hall–Kier alpha value is -1.20. The molecule has 0 atom stereocenters. The Kier molecular flexibility index (Phi) is 2.12. The highest BCUT2D eigenvalue weighted by Crippen LogP contribution is 2.16. The Morgan fingerprint density at radius 2 is 2.62 bits per heavy atom. The lowest BCUT2D eigenvalue weighted by Gasteiger charge is -1.93. The number of carbonyl (C=O) groups is 1. The number of methoxy groups -OCH3 is 1. The molecule has 0 saturated carbocycles. The molecule has 0 unspecified atom stereocenters. The molecule has 0 saturated heterocycles. The van der Waals surface area contributed by atoms with Gasteiger partial charge < -0.3 is 4.74 Å². The second kappa shape index (κ2) is 3.27. The van der Waals surface area contributed by atoms with Crippen molar-refractivity contribution in [3.05, 3.63) is 23.0 Å². The zero-order valence-corrected chi connectivity index (χ0v) is 7.87. The van der Waals surface area contributed by atoms with E-state index in [1.165, 1.54) is 11.3 Å². The fourth-order valence-corrected chi connectivity index (χ4v) is 1.96. The van der Waals surface area contributed by atoms with Crippen LogP contribution in [0.5, 0.6) is 0 Å². The molecule has 4 nitrogen and oxygen atoms in total. The van der Waals surface area contributed by atoms with Crippen molar-refractivity contribution in [3.8, 4) is 0 Å². The van der Waals surface area contributed by atoms with Crippen LogP contribution in [0.4, 0.5) is 0 Å². The number of ether oxygens (including phenoxy) is 1. The highest BCUT2D eigenvalue weighted by Gasteiger charge is 2.11. The molecule has 0 spiro atoms. The van der Waals surface area contributed by atoms with Crippen LogP contribution in [0.15, 0.2) is 11.6 Å². The van der Waals surface area contributed by atoms with Crippen molar-refractivity contribution >= 4 is 22.6 Å². The maximum atomic E-state index is 10.8. The van der Waals surface area contributed by atoms with E-state index in [4.69, 9.17) is 4.74 Å². The van der Waals surface area contributed by atoms with Gasteiger partial charge in [-0.15, -0.1) is 11.3 Å². The number of nitrogens with zero attached hydrogens (tertiary/aromatic N) is 2. The zero-order chi connectivity index (χ0) is 9.26. The van der Waals surface area contributed by atoms with Crippen LogP contribution in [0, 0.1) is 0 Å². The molecule has 0 fully saturated rings. The topological polar surface area (TPSA) is 43.6 Å². The lowest BCUT2D eigenvalue weighted by Crippen LogP contribution is -1.95. The average molecular weight is 196 g/mol. The van der Waals surface area contributed by atoms with Gasteiger partial charge in [0.15, 0.2) is 11.2 Å². The number of thiazole rings is 1. The first-order valence-corrected chi connectivity index (χ1v) is 4.63. The van der Waals surface area contributed by atoms with E-state index >= 15 is 0 Å². The predicted octanol–water partition coefficient (Wildman–Crippen LogP) is 1.35. The molecule has 0 aliphatic carbocycles. The van der Waals surface area contributed by atoms with Gasteiger partial charge in [-0.2, -0.15) is 0 Å². The Morgan fingerprint density at radius 3 is 3.31 bits per heavy atom. The molecule has 2 aromatic rings. The molecule has 0 amide bonds. The zero-order valence-electron chi connectivity index (χ0n) is 7.06. The number of fused-ring (bicyclic) bond motifs is 1. The van der Waals surface area contributed by atoms with Crippen molar-refractivity contribution in [3.63, 3.8) is 0 Å². The molecule has 0 aromatic carbocycles. The molecule has 0 aliphatic rings. The third-order valence-corrected chi connectivity index (χ3v) is 2.52. The summed E-state index contributed by atoms with van der Waals surface area (Å²) in [6.07, 6.45) is 2.64. The standard InChI is InChI=1S/C8H8N2O2S/c1-12-5-6-7(4-11)10-2-3-13-8(10)9-6/h2-4H,5H2,1H3. The normalized spacial score (nSPS) is 10.8. The number of hydrogen-bond acceptors (Lipinski definition) is 4. The first-order valence-electron chi connectivity index (χ1n) is 3.75. The minimum atomic E-state index is 0.377. The van der Waals surface area contributed by atoms with Crippen LogP contribution >= 0.6 is 11.3 Å². The summed E-state index contributed by atoms with van der Waals surface area (Å²) in [7, 11) is 1.59. The Morgan fingerprint density at radius 1 is 1.77 bits per heavy atom. The summed E-state index contributed by atoms with van der Waals surface area (Å²) in [5.41, 5.74) is 1.28. The minimum absolute atomic E-state index is 0.377. The summed E-state index contributed by atoms with van der Waals surface area (Å²) in [6.45, 7) is 0.377. The average Bonchev–Trinajstić information content (AvgIpc) is 2.64. The molecular weight excluding hydrogens is 188 g/mol. The molecular formula is C8H8N2O2S. The molecule has 5 heteroatoms. The SMILES string of the molecule is COCc1nc2sccn2c1C=O. The van der Waals surface area contributed by atoms with Gasteiger partial charge in [0, 0.05) is 18.7 Å². The first kappa shape index (κ1) is 8.40. The molecule has 2 heterocycles. The van der Waals surface area contributed by atoms with Gasteiger partial charge in [-0.3, -0.25) is 9.20 Å². The molecule has 0 N–H and O–H groups in total. The number of rotatable bonds is 3. The third kappa shape index (κ3) is 1.26. The summed E-state index contributed by atoms with van der Waals surface area (Å²) >= 11 is 1.50. The summed E-state index contributed by atoms with van der Waals surface area (Å²) in [5, 5.41) is 1.89. The largest absolute Gasteiger partial charge is 0.378 e. The number of carbonyl (C=O) groups excluding carboxylic acids is 1. The van der Waals surface area contributed by atoms with Gasteiger partial charge in [0.25, 0.3) is 0 Å². The van der Waals surface area contributed by atoms with Gasteiger partial charge in [-0.25, -0.2) is 4.98 Å². The summed E-state index contributed by atoms with van der Waals surface area (Å²) in [6, 6.07) is 0. The monoisotopic (exact) mass is 196 g/mol. The number of imidazole rings is 1. The van der Waals surface area contributed by atoms with Gasteiger partial charge in [-0.1, -0.05) is 0 Å². The van der Waals surface area contributed by atoms with Crippen LogP contribution in [0.25, 0.3) is 4.96 Å². The van der Waals surface area contributed by atoms with Crippen molar-refractivity contribution in [2.24, 2.45) is 0 Å². The Labute approximate surface area is 78.8 Å². The molecule has 2 rings (SSSR count). The van der Waals surface area contributed by atoms with Gasteiger partial charge in [0.1, 0.15) is 5.69 Å². The smallest absolute Gasteiger partial charge is 0.194 e. The minimum Gasteiger partial charge on any atom is -0.378 e. The van der Waals surface area contributed by atoms with E-state index in [2.05, 4.69) is 4.98 Å².